The zero-order valence-electron chi connectivity index (χ0n) is 20.1. The number of alkyl halides is 3. The summed E-state index contributed by atoms with van der Waals surface area (Å²) in [5.74, 6) is 3.32. The van der Waals surface area contributed by atoms with Gasteiger partial charge in [0.2, 0.25) is 0 Å². The third kappa shape index (κ3) is 11.5. The van der Waals surface area contributed by atoms with Gasteiger partial charge >= 0.3 is 6.18 Å². The summed E-state index contributed by atoms with van der Waals surface area (Å²) in [7, 11) is 3.62. The van der Waals surface area contributed by atoms with E-state index in [1.54, 1.807) is 12.3 Å². The van der Waals surface area contributed by atoms with Crippen LogP contribution in [0, 0.1) is 12.3 Å². The van der Waals surface area contributed by atoms with E-state index in [4.69, 9.17) is 6.42 Å². The summed E-state index contributed by atoms with van der Waals surface area (Å²) in [6, 6.07) is 7.36. The number of nitrogens with one attached hydrogen (secondary N) is 2. The second kappa shape index (κ2) is 16.7. The van der Waals surface area contributed by atoms with E-state index in [0.717, 1.165) is 30.4 Å². The lowest BCUT2D eigenvalue weighted by atomic mass is 10.0. The number of pyridine rings is 1. The Bertz CT molecular complexity index is 863. The van der Waals surface area contributed by atoms with Crippen LogP contribution < -0.4 is 10.6 Å². The van der Waals surface area contributed by atoms with E-state index in [9.17, 15) is 18.0 Å². The van der Waals surface area contributed by atoms with Crippen molar-refractivity contribution in [1.82, 2.24) is 15.2 Å². The van der Waals surface area contributed by atoms with E-state index >= 15 is 0 Å². The molecule has 1 heterocycles. The van der Waals surface area contributed by atoms with Crippen molar-refractivity contribution in [2.45, 2.75) is 39.9 Å². The Hall–Kier alpha value is -2.89. The van der Waals surface area contributed by atoms with E-state index in [1.807, 2.05) is 45.8 Å². The van der Waals surface area contributed by atoms with E-state index in [-0.39, 0.29) is 17.7 Å². The Labute approximate surface area is 195 Å². The first-order chi connectivity index (χ1) is 15.8. The Morgan fingerprint density at radius 2 is 1.85 bits per heavy atom. The zero-order valence-corrected chi connectivity index (χ0v) is 20.1. The maximum atomic E-state index is 13.1. The number of rotatable bonds is 9. The summed E-state index contributed by atoms with van der Waals surface area (Å²) in [6.45, 7) is 8.34. The molecule has 0 aliphatic carbocycles. The molecule has 0 aliphatic rings. The minimum Gasteiger partial charge on any atom is -0.373 e. The van der Waals surface area contributed by atoms with Crippen molar-refractivity contribution in [2.24, 2.45) is 0 Å². The van der Waals surface area contributed by atoms with E-state index in [0.29, 0.717) is 19.4 Å². The predicted molar refractivity (Wildman–Crippen MR) is 129 cm³/mol. The number of carbonyl (C=O) groups excluding carboxylic acids is 1. The van der Waals surface area contributed by atoms with E-state index in [1.165, 1.54) is 12.1 Å². The molecular formula is C25H35F3N4O. The molecule has 8 heteroatoms. The number of hydrogen-bond donors (Lipinski definition) is 2. The fourth-order valence-electron chi connectivity index (χ4n) is 2.82. The number of terminal acetylenes is 1. The maximum Gasteiger partial charge on any atom is 0.416 e. The molecule has 0 spiro atoms. The van der Waals surface area contributed by atoms with Gasteiger partial charge in [-0.15, -0.1) is 6.42 Å². The fraction of sp³-hybridized carbons (Fsp3) is 0.440. The molecule has 2 N–H and O–H groups in total. The van der Waals surface area contributed by atoms with Crippen molar-refractivity contribution >= 4 is 12.1 Å². The summed E-state index contributed by atoms with van der Waals surface area (Å²) < 4.78 is 39.3. The fourth-order valence-corrected chi connectivity index (χ4v) is 2.82. The van der Waals surface area contributed by atoms with Gasteiger partial charge < -0.3 is 10.6 Å². The predicted octanol–water partition coefficient (Wildman–Crippen LogP) is 5.08. The van der Waals surface area contributed by atoms with Crippen LogP contribution in [-0.2, 0) is 12.7 Å². The number of benzene rings is 1. The van der Waals surface area contributed by atoms with Gasteiger partial charge in [-0.05, 0) is 43.8 Å². The van der Waals surface area contributed by atoms with Crippen LogP contribution in [0.1, 0.15) is 54.2 Å². The summed E-state index contributed by atoms with van der Waals surface area (Å²) in [5.41, 5.74) is 0.373. The van der Waals surface area contributed by atoms with Gasteiger partial charge in [-0.3, -0.25) is 9.69 Å². The van der Waals surface area contributed by atoms with Crippen LogP contribution in [-0.4, -0.2) is 49.9 Å². The monoisotopic (exact) mass is 464 g/mol. The number of aldehydes is 1. The lowest BCUT2D eigenvalue weighted by Crippen LogP contribution is -2.32. The Morgan fingerprint density at radius 3 is 2.36 bits per heavy atom. The number of aromatic nitrogens is 1. The number of hydrogen-bond acceptors (Lipinski definition) is 5. The molecule has 5 nitrogen and oxygen atoms in total. The van der Waals surface area contributed by atoms with Crippen molar-refractivity contribution in [1.29, 1.82) is 0 Å². The smallest absolute Gasteiger partial charge is 0.373 e. The van der Waals surface area contributed by atoms with Crippen molar-refractivity contribution < 1.29 is 18.0 Å². The average molecular weight is 465 g/mol. The second-order valence-corrected chi connectivity index (χ2v) is 6.74. The van der Waals surface area contributed by atoms with Gasteiger partial charge in [0.15, 0.2) is 0 Å². The molecule has 0 saturated heterocycles. The van der Waals surface area contributed by atoms with Crippen LogP contribution in [0.25, 0.3) is 0 Å². The molecule has 0 amide bonds. The molecule has 33 heavy (non-hydrogen) atoms. The van der Waals surface area contributed by atoms with Gasteiger partial charge in [0.25, 0.3) is 0 Å². The maximum absolute atomic E-state index is 13.1. The normalized spacial score (nSPS) is 10.3. The lowest BCUT2D eigenvalue weighted by molar-refractivity contribution is -0.138. The van der Waals surface area contributed by atoms with Crippen molar-refractivity contribution in [3.63, 3.8) is 0 Å². The Balaban J connectivity index is 0.000000709. The number of carbonyl (C=O) groups is 1. The van der Waals surface area contributed by atoms with Gasteiger partial charge in [-0.2, -0.15) is 13.2 Å². The highest BCUT2D eigenvalue weighted by molar-refractivity contribution is 5.75. The number of likely N-dealkylation sites (N-methyl/N-ethyl adjacent to an activating group) is 1. The minimum atomic E-state index is -4.45. The molecule has 0 radical (unpaired) electrons. The zero-order chi connectivity index (χ0) is 25.3. The lowest BCUT2D eigenvalue weighted by Gasteiger charge is -2.23. The summed E-state index contributed by atoms with van der Waals surface area (Å²) in [6.07, 6.45) is 3.71. The highest BCUT2D eigenvalue weighted by Gasteiger charge is 2.33. The SMILES string of the molecule is C#Cc1ccnc(NC)c1.CC.CCCN(CCNC)Cc1ccc(C=O)cc1C(F)(F)F. The van der Waals surface area contributed by atoms with Gasteiger partial charge in [-0.25, -0.2) is 4.98 Å². The molecule has 2 aromatic rings. The standard InChI is InChI=1S/C15H21F3N2O.C8H8N2.C2H6/c1-3-7-20(8-6-19-2)10-13-5-4-12(11-21)9-14(13)15(16,17)18;1-3-7-4-5-10-8(6-7)9-2;1-2/h4-5,9,11,19H,3,6-8,10H2,1-2H3;1,4-6H,2H3,(H,9,10);1-2H3. The molecule has 182 valence electrons. The van der Waals surface area contributed by atoms with E-state index < -0.39 is 11.7 Å². The molecule has 0 fully saturated rings. The first-order valence-electron chi connectivity index (χ1n) is 10.9. The summed E-state index contributed by atoms with van der Waals surface area (Å²) >= 11 is 0. The first kappa shape index (κ1) is 30.1. The third-order valence-corrected chi connectivity index (χ3v) is 4.37. The molecule has 0 unspecified atom stereocenters. The molecule has 0 aliphatic heterocycles. The molecule has 0 atom stereocenters. The minimum absolute atomic E-state index is 0.0448. The molecule has 1 aromatic heterocycles. The number of halogens is 3. The van der Waals surface area contributed by atoms with Crippen molar-refractivity contribution in [3.8, 4) is 12.3 Å². The summed E-state index contributed by atoms with van der Waals surface area (Å²) in [5, 5.41) is 5.89. The quantitative estimate of drug-likeness (QED) is 0.400. The van der Waals surface area contributed by atoms with Crippen LogP contribution >= 0.6 is 0 Å². The van der Waals surface area contributed by atoms with Crippen LogP contribution in [0.2, 0.25) is 0 Å². The van der Waals surface area contributed by atoms with Crippen LogP contribution in [0.3, 0.4) is 0 Å². The largest absolute Gasteiger partial charge is 0.416 e. The first-order valence-corrected chi connectivity index (χ1v) is 10.9. The highest BCUT2D eigenvalue weighted by Crippen LogP contribution is 2.33. The topological polar surface area (TPSA) is 57.3 Å². The average Bonchev–Trinajstić information content (AvgIpc) is 2.83. The van der Waals surface area contributed by atoms with Gasteiger partial charge in [0.1, 0.15) is 12.1 Å². The molecule has 2 rings (SSSR count). The number of anilines is 1. The van der Waals surface area contributed by atoms with E-state index in [2.05, 4.69) is 21.5 Å². The van der Waals surface area contributed by atoms with Gasteiger partial charge in [0.05, 0.1) is 5.56 Å². The highest BCUT2D eigenvalue weighted by atomic mass is 19.4. The third-order valence-electron chi connectivity index (χ3n) is 4.37. The van der Waals surface area contributed by atoms with Gasteiger partial charge in [-0.1, -0.05) is 38.8 Å². The molecular weight excluding hydrogens is 429 g/mol. The Morgan fingerprint density at radius 1 is 1.15 bits per heavy atom. The second-order valence-electron chi connectivity index (χ2n) is 6.74. The van der Waals surface area contributed by atoms with Crippen LogP contribution in [0.4, 0.5) is 19.0 Å². The molecule has 0 bridgehead atoms. The molecule has 0 saturated carbocycles. The molecule has 1 aromatic carbocycles. The number of nitrogens with zero attached hydrogens (tertiary/aromatic N) is 2. The summed E-state index contributed by atoms with van der Waals surface area (Å²) in [4.78, 5) is 16.7. The van der Waals surface area contributed by atoms with Crippen LogP contribution in [0.15, 0.2) is 36.5 Å². The van der Waals surface area contributed by atoms with Crippen molar-refractivity contribution in [2.75, 3.05) is 39.0 Å². The Kier molecular flexibility index (Phi) is 15.2. The van der Waals surface area contributed by atoms with Crippen LogP contribution in [0.5, 0.6) is 0 Å². The van der Waals surface area contributed by atoms with Gasteiger partial charge in [0, 0.05) is 44.0 Å². The van der Waals surface area contributed by atoms with Crippen molar-refractivity contribution in [3.05, 3.63) is 58.8 Å².